The van der Waals surface area contributed by atoms with Crippen LogP contribution in [0.2, 0.25) is 0 Å². The molecule has 164 valence electrons. The van der Waals surface area contributed by atoms with Crippen molar-refractivity contribution in [3.63, 3.8) is 0 Å². The van der Waals surface area contributed by atoms with Crippen molar-refractivity contribution in [2.24, 2.45) is 0 Å². The second-order valence-corrected chi connectivity index (χ2v) is 7.22. The number of rotatable bonds is 7. The van der Waals surface area contributed by atoms with Crippen molar-refractivity contribution in [1.29, 1.82) is 0 Å². The molecular weight excluding hydrogens is 404 g/mol. The molecule has 0 unspecified atom stereocenters. The number of nitro groups is 1. The van der Waals surface area contributed by atoms with Gasteiger partial charge < -0.3 is 14.4 Å². The highest BCUT2D eigenvalue weighted by molar-refractivity contribution is 5.77. The Bertz CT molecular complexity index is 955. The molecule has 0 bridgehead atoms. The van der Waals surface area contributed by atoms with Gasteiger partial charge in [0.15, 0.2) is 5.69 Å². The number of carbonyl (C=O) groups is 2. The quantitative estimate of drug-likeness (QED) is 0.372. The first-order valence-electron chi connectivity index (χ1n) is 9.96. The summed E-state index contributed by atoms with van der Waals surface area (Å²) in [6.45, 7) is 2.35. The average Bonchev–Trinajstić information content (AvgIpc) is 2.77. The first kappa shape index (κ1) is 22.1. The average molecular weight is 428 g/mol. The molecule has 0 saturated carbocycles. The van der Waals surface area contributed by atoms with Gasteiger partial charge >= 0.3 is 17.6 Å². The number of piperidine rings is 1. The standard InChI is InChI=1S/C21H24N4O6/c1-14(26)31-17-9-11-24(12-10-17)21-20(25(28)29)19(22-13-23-21)16-6-3-15(4-7-16)5-8-18(27)30-2/h3-4,6-7,13,17H,5,8-12H2,1-2H3. The van der Waals surface area contributed by atoms with Crippen LogP contribution in [0.5, 0.6) is 0 Å². The van der Waals surface area contributed by atoms with E-state index in [-0.39, 0.29) is 41.7 Å². The minimum atomic E-state index is -0.464. The van der Waals surface area contributed by atoms with E-state index in [0.29, 0.717) is 37.9 Å². The number of carbonyl (C=O) groups excluding carboxylic acids is 2. The van der Waals surface area contributed by atoms with Crippen molar-refractivity contribution in [2.45, 2.75) is 38.7 Å². The van der Waals surface area contributed by atoms with E-state index in [0.717, 1.165) is 5.56 Å². The number of anilines is 1. The highest BCUT2D eigenvalue weighted by Gasteiger charge is 2.30. The van der Waals surface area contributed by atoms with Crippen LogP contribution in [0.4, 0.5) is 11.5 Å². The van der Waals surface area contributed by atoms with Crippen LogP contribution in [0, 0.1) is 10.1 Å². The van der Waals surface area contributed by atoms with Crippen molar-refractivity contribution < 1.29 is 24.0 Å². The fraction of sp³-hybridized carbons (Fsp3) is 0.429. The Balaban J connectivity index is 1.82. The van der Waals surface area contributed by atoms with Gasteiger partial charge in [-0.15, -0.1) is 0 Å². The predicted molar refractivity (Wildman–Crippen MR) is 111 cm³/mol. The van der Waals surface area contributed by atoms with E-state index in [4.69, 9.17) is 4.74 Å². The van der Waals surface area contributed by atoms with Gasteiger partial charge in [-0.3, -0.25) is 19.7 Å². The highest BCUT2D eigenvalue weighted by atomic mass is 16.6. The summed E-state index contributed by atoms with van der Waals surface area (Å²) in [5.41, 5.74) is 1.58. The first-order valence-corrected chi connectivity index (χ1v) is 9.96. The van der Waals surface area contributed by atoms with E-state index in [1.54, 1.807) is 12.1 Å². The molecule has 1 aliphatic heterocycles. The number of benzene rings is 1. The summed E-state index contributed by atoms with van der Waals surface area (Å²) >= 11 is 0. The molecular formula is C21H24N4O6. The molecule has 0 atom stereocenters. The molecule has 2 aromatic rings. The summed E-state index contributed by atoms with van der Waals surface area (Å²) in [5.74, 6) is -0.368. The summed E-state index contributed by atoms with van der Waals surface area (Å²) in [6, 6.07) is 7.13. The summed E-state index contributed by atoms with van der Waals surface area (Å²) in [4.78, 5) is 44.1. The van der Waals surface area contributed by atoms with Crippen LogP contribution in [0.15, 0.2) is 30.6 Å². The lowest BCUT2D eigenvalue weighted by Gasteiger charge is -2.32. The Labute approximate surface area is 179 Å². The van der Waals surface area contributed by atoms with Crippen molar-refractivity contribution >= 4 is 23.4 Å². The van der Waals surface area contributed by atoms with Gasteiger partial charge in [-0.2, -0.15) is 0 Å². The summed E-state index contributed by atoms with van der Waals surface area (Å²) < 4.78 is 9.88. The van der Waals surface area contributed by atoms with Gasteiger partial charge in [0, 0.05) is 44.8 Å². The summed E-state index contributed by atoms with van der Waals surface area (Å²) in [5, 5.41) is 11.9. The van der Waals surface area contributed by atoms with E-state index in [9.17, 15) is 19.7 Å². The van der Waals surface area contributed by atoms with Crippen LogP contribution in [-0.2, 0) is 25.5 Å². The molecule has 0 spiro atoms. The van der Waals surface area contributed by atoms with Gasteiger partial charge in [-0.1, -0.05) is 24.3 Å². The molecule has 2 heterocycles. The number of hydrogen-bond donors (Lipinski definition) is 0. The van der Waals surface area contributed by atoms with Crippen molar-refractivity contribution in [1.82, 2.24) is 9.97 Å². The molecule has 1 saturated heterocycles. The van der Waals surface area contributed by atoms with Crippen LogP contribution in [0.25, 0.3) is 11.3 Å². The minimum Gasteiger partial charge on any atom is -0.469 e. The van der Waals surface area contributed by atoms with E-state index < -0.39 is 4.92 Å². The zero-order valence-electron chi connectivity index (χ0n) is 17.4. The molecule has 10 heteroatoms. The Morgan fingerprint density at radius 3 is 2.45 bits per heavy atom. The SMILES string of the molecule is COC(=O)CCc1ccc(-c2ncnc(N3CCC(OC(C)=O)CC3)c2[N+](=O)[O-])cc1. The first-order chi connectivity index (χ1) is 14.9. The number of aryl methyl sites for hydroxylation is 1. The molecule has 1 aromatic carbocycles. The summed E-state index contributed by atoms with van der Waals surface area (Å²) in [6.07, 6.45) is 3.06. The molecule has 3 rings (SSSR count). The lowest BCUT2D eigenvalue weighted by molar-refractivity contribution is -0.383. The molecule has 0 N–H and O–H groups in total. The van der Waals surface area contributed by atoms with Crippen molar-refractivity contribution in [2.75, 3.05) is 25.1 Å². The van der Waals surface area contributed by atoms with E-state index in [1.165, 1.54) is 20.4 Å². The van der Waals surface area contributed by atoms with Crippen LogP contribution in [0.3, 0.4) is 0 Å². The molecule has 1 aromatic heterocycles. The van der Waals surface area contributed by atoms with Crippen LogP contribution >= 0.6 is 0 Å². The van der Waals surface area contributed by atoms with Crippen LogP contribution in [-0.4, -0.2) is 53.1 Å². The van der Waals surface area contributed by atoms with Crippen molar-refractivity contribution in [3.8, 4) is 11.3 Å². The Kier molecular flexibility index (Phi) is 7.11. The maximum absolute atomic E-state index is 11.9. The number of aromatic nitrogens is 2. The number of ether oxygens (including phenoxy) is 2. The Hall–Kier alpha value is -3.56. The van der Waals surface area contributed by atoms with E-state index in [2.05, 4.69) is 14.7 Å². The van der Waals surface area contributed by atoms with Gasteiger partial charge in [-0.25, -0.2) is 9.97 Å². The monoisotopic (exact) mass is 428 g/mol. The third kappa shape index (κ3) is 5.53. The lowest BCUT2D eigenvalue weighted by Crippen LogP contribution is -2.38. The fourth-order valence-electron chi connectivity index (χ4n) is 3.58. The fourth-order valence-corrected chi connectivity index (χ4v) is 3.58. The zero-order chi connectivity index (χ0) is 22.4. The molecule has 1 fully saturated rings. The van der Waals surface area contributed by atoms with Gasteiger partial charge in [0.05, 0.1) is 12.0 Å². The molecule has 31 heavy (non-hydrogen) atoms. The van der Waals surface area contributed by atoms with Gasteiger partial charge in [0.25, 0.3) is 0 Å². The third-order valence-corrected chi connectivity index (χ3v) is 5.13. The molecule has 0 amide bonds. The normalized spacial score (nSPS) is 14.2. The number of hydrogen-bond acceptors (Lipinski definition) is 9. The van der Waals surface area contributed by atoms with Gasteiger partial charge in [-0.05, 0) is 12.0 Å². The molecule has 0 radical (unpaired) electrons. The summed E-state index contributed by atoms with van der Waals surface area (Å²) in [7, 11) is 1.34. The van der Waals surface area contributed by atoms with Crippen molar-refractivity contribution in [3.05, 3.63) is 46.3 Å². The second kappa shape index (κ2) is 9.96. The molecule has 10 nitrogen and oxygen atoms in total. The van der Waals surface area contributed by atoms with E-state index >= 15 is 0 Å². The van der Waals surface area contributed by atoms with E-state index in [1.807, 2.05) is 17.0 Å². The Morgan fingerprint density at radius 1 is 1.19 bits per heavy atom. The Morgan fingerprint density at radius 2 is 1.87 bits per heavy atom. The number of methoxy groups -OCH3 is 1. The predicted octanol–water partition coefficient (Wildman–Crippen LogP) is 2.69. The third-order valence-electron chi connectivity index (χ3n) is 5.13. The number of nitrogens with zero attached hydrogens (tertiary/aromatic N) is 4. The van der Waals surface area contributed by atoms with Crippen LogP contribution < -0.4 is 4.90 Å². The number of esters is 2. The largest absolute Gasteiger partial charge is 0.469 e. The second-order valence-electron chi connectivity index (χ2n) is 7.22. The van der Waals surface area contributed by atoms with Crippen LogP contribution in [0.1, 0.15) is 31.7 Å². The highest BCUT2D eigenvalue weighted by Crippen LogP contribution is 2.36. The lowest BCUT2D eigenvalue weighted by atomic mass is 10.0. The minimum absolute atomic E-state index is 0.157. The topological polar surface area (TPSA) is 125 Å². The maximum Gasteiger partial charge on any atom is 0.337 e. The van der Waals surface area contributed by atoms with Gasteiger partial charge in [0.1, 0.15) is 12.4 Å². The zero-order valence-corrected chi connectivity index (χ0v) is 17.4. The molecule has 1 aliphatic rings. The maximum atomic E-state index is 11.9. The molecule has 0 aliphatic carbocycles. The smallest absolute Gasteiger partial charge is 0.337 e. The van der Waals surface area contributed by atoms with Gasteiger partial charge in [0.2, 0.25) is 5.82 Å².